The van der Waals surface area contributed by atoms with Crippen molar-refractivity contribution in [1.29, 1.82) is 0 Å². The van der Waals surface area contributed by atoms with E-state index in [-0.39, 0.29) is 18.7 Å². The molecule has 0 saturated carbocycles. The van der Waals surface area contributed by atoms with Gasteiger partial charge in [-0.3, -0.25) is 14.4 Å². The van der Waals surface area contributed by atoms with Gasteiger partial charge in [-0.25, -0.2) is 5.48 Å². The molecule has 94 valence electrons. The van der Waals surface area contributed by atoms with Crippen molar-refractivity contribution in [3.8, 4) is 0 Å². The van der Waals surface area contributed by atoms with E-state index in [1.807, 2.05) is 20.8 Å². The quantitative estimate of drug-likeness (QED) is 0.706. The number of hydroxylamine groups is 1. The smallest absolute Gasteiger partial charge is 0.303 e. The fraction of sp³-hybridized carbons (Fsp3) is 0.818. The monoisotopic (exact) mass is 231 g/mol. The summed E-state index contributed by atoms with van der Waals surface area (Å²) in [6, 6.07) is 0. The first-order valence-electron chi connectivity index (χ1n) is 5.20. The first-order valence-corrected chi connectivity index (χ1v) is 5.20. The van der Waals surface area contributed by atoms with Crippen molar-refractivity contribution < 1.29 is 19.5 Å². The average molecular weight is 231 g/mol. The summed E-state index contributed by atoms with van der Waals surface area (Å²) in [5, 5.41) is 8.66. The summed E-state index contributed by atoms with van der Waals surface area (Å²) in [4.78, 5) is 27.1. The van der Waals surface area contributed by atoms with E-state index >= 15 is 0 Å². The molecule has 0 aliphatic rings. The molecule has 0 aliphatic heterocycles. The molecule has 0 aromatic heterocycles. The number of hydrogen-bond donors (Lipinski definition) is 2. The molecule has 2 N–H and O–H groups in total. The van der Waals surface area contributed by atoms with Gasteiger partial charge in [0, 0.05) is 6.42 Å². The maximum Gasteiger partial charge on any atom is 0.303 e. The highest BCUT2D eigenvalue weighted by atomic mass is 16.7. The zero-order chi connectivity index (χ0) is 13.0. The molecule has 0 aliphatic carbocycles. The van der Waals surface area contributed by atoms with E-state index in [0.29, 0.717) is 0 Å². The van der Waals surface area contributed by atoms with Crippen molar-refractivity contribution >= 4 is 11.9 Å². The largest absolute Gasteiger partial charge is 0.481 e. The van der Waals surface area contributed by atoms with E-state index in [4.69, 9.17) is 9.94 Å². The Balaban J connectivity index is 4.09. The van der Waals surface area contributed by atoms with Crippen LogP contribution in [0.5, 0.6) is 0 Å². The number of aliphatic carboxylic acids is 1. The van der Waals surface area contributed by atoms with Gasteiger partial charge in [-0.15, -0.1) is 0 Å². The highest BCUT2D eigenvalue weighted by molar-refractivity contribution is 5.77. The van der Waals surface area contributed by atoms with E-state index < -0.39 is 17.0 Å². The maximum absolute atomic E-state index is 11.5. The Bertz CT molecular complexity index is 266. The Hall–Kier alpha value is -1.10. The third-order valence-electron chi connectivity index (χ3n) is 1.74. The van der Waals surface area contributed by atoms with E-state index in [0.717, 1.165) is 0 Å². The van der Waals surface area contributed by atoms with Crippen molar-refractivity contribution in [3.05, 3.63) is 0 Å². The summed E-state index contributed by atoms with van der Waals surface area (Å²) in [6.07, 6.45) is 0.0747. The van der Waals surface area contributed by atoms with Crippen molar-refractivity contribution in [2.45, 2.75) is 53.1 Å². The fourth-order valence-electron chi connectivity index (χ4n) is 1.15. The minimum atomic E-state index is -0.908. The van der Waals surface area contributed by atoms with Gasteiger partial charge in [0.05, 0.1) is 12.0 Å². The molecule has 0 bridgehead atoms. The normalized spacial score (nSPS) is 12.3. The topological polar surface area (TPSA) is 75.6 Å². The van der Waals surface area contributed by atoms with Gasteiger partial charge < -0.3 is 5.11 Å². The molecule has 1 amide bonds. The number of rotatable bonds is 5. The summed E-state index contributed by atoms with van der Waals surface area (Å²) < 4.78 is 0. The molecular weight excluding hydrogens is 210 g/mol. The lowest BCUT2D eigenvalue weighted by molar-refractivity contribution is -0.148. The van der Waals surface area contributed by atoms with Gasteiger partial charge in [0.2, 0.25) is 5.91 Å². The van der Waals surface area contributed by atoms with Crippen LogP contribution in [0.1, 0.15) is 47.5 Å². The van der Waals surface area contributed by atoms with Gasteiger partial charge in [-0.05, 0) is 26.2 Å². The summed E-state index contributed by atoms with van der Waals surface area (Å²) in [6.45, 7) is 8.91. The lowest BCUT2D eigenvalue weighted by Crippen LogP contribution is -2.36. The summed E-state index contributed by atoms with van der Waals surface area (Å²) in [7, 11) is 0. The molecule has 0 unspecified atom stereocenters. The van der Waals surface area contributed by atoms with Crippen molar-refractivity contribution in [2.75, 3.05) is 0 Å². The van der Waals surface area contributed by atoms with Crippen molar-refractivity contribution in [3.63, 3.8) is 0 Å². The molecular formula is C11H21NO4. The van der Waals surface area contributed by atoms with Gasteiger partial charge >= 0.3 is 5.97 Å². The number of carboxylic acids is 1. The molecule has 0 rings (SSSR count). The fourth-order valence-corrected chi connectivity index (χ4v) is 1.15. The molecule has 0 spiro atoms. The minimum Gasteiger partial charge on any atom is -0.481 e. The van der Waals surface area contributed by atoms with Gasteiger partial charge in [0.25, 0.3) is 0 Å². The van der Waals surface area contributed by atoms with Gasteiger partial charge in [0.15, 0.2) is 0 Å². The number of carbonyl (C=O) groups excluding carboxylic acids is 1. The zero-order valence-corrected chi connectivity index (χ0v) is 10.6. The van der Waals surface area contributed by atoms with Crippen LogP contribution < -0.4 is 5.48 Å². The number of nitrogens with one attached hydrogen (secondary N) is 1. The molecule has 16 heavy (non-hydrogen) atoms. The van der Waals surface area contributed by atoms with Gasteiger partial charge in [0.1, 0.15) is 0 Å². The van der Waals surface area contributed by atoms with Gasteiger partial charge in [-0.1, -0.05) is 13.8 Å². The predicted molar refractivity (Wildman–Crippen MR) is 59.6 cm³/mol. The maximum atomic E-state index is 11.5. The Morgan fingerprint density at radius 3 is 2.00 bits per heavy atom. The standard InChI is InChI=1S/C11H21NO4/c1-10(2,3)16-12-8(13)6-11(4,5)7-9(14)15/h6-7H2,1-5H3,(H,12,13)(H,14,15). The Morgan fingerprint density at radius 1 is 1.12 bits per heavy atom. The Kier molecular flexibility index (Phi) is 4.93. The van der Waals surface area contributed by atoms with Crippen LogP contribution in [0, 0.1) is 5.41 Å². The molecule has 0 aromatic carbocycles. The van der Waals surface area contributed by atoms with Crippen molar-refractivity contribution in [2.24, 2.45) is 5.41 Å². The highest BCUT2D eigenvalue weighted by Gasteiger charge is 2.26. The second kappa shape index (κ2) is 5.30. The molecule has 5 nitrogen and oxygen atoms in total. The lowest BCUT2D eigenvalue weighted by Gasteiger charge is -2.24. The van der Waals surface area contributed by atoms with Crippen LogP contribution in [0.3, 0.4) is 0 Å². The molecule has 0 atom stereocenters. The predicted octanol–water partition coefficient (Wildman–Crippen LogP) is 1.72. The van der Waals surface area contributed by atoms with Crippen LogP contribution in [0.4, 0.5) is 0 Å². The van der Waals surface area contributed by atoms with E-state index in [2.05, 4.69) is 5.48 Å². The van der Waals surface area contributed by atoms with E-state index in [1.165, 1.54) is 0 Å². The molecule has 5 heteroatoms. The Morgan fingerprint density at radius 2 is 1.62 bits per heavy atom. The van der Waals surface area contributed by atoms with Gasteiger partial charge in [-0.2, -0.15) is 0 Å². The highest BCUT2D eigenvalue weighted by Crippen LogP contribution is 2.24. The van der Waals surface area contributed by atoms with Crippen molar-refractivity contribution in [1.82, 2.24) is 5.48 Å². The summed E-state index contributed by atoms with van der Waals surface area (Å²) in [5.41, 5.74) is 1.30. The van der Waals surface area contributed by atoms with Crippen LogP contribution in [-0.4, -0.2) is 22.6 Å². The number of carbonyl (C=O) groups is 2. The van der Waals surface area contributed by atoms with Crippen LogP contribution in [0.25, 0.3) is 0 Å². The van der Waals surface area contributed by atoms with Crippen LogP contribution >= 0.6 is 0 Å². The molecule has 0 saturated heterocycles. The first-order chi connectivity index (χ1) is 7.02. The lowest BCUT2D eigenvalue weighted by atomic mass is 9.85. The third kappa shape index (κ3) is 8.23. The molecule has 0 fully saturated rings. The second-order valence-electron chi connectivity index (χ2n) is 5.65. The third-order valence-corrected chi connectivity index (χ3v) is 1.74. The zero-order valence-electron chi connectivity index (χ0n) is 10.6. The summed E-state index contributed by atoms with van der Waals surface area (Å²) >= 11 is 0. The number of hydrogen-bond acceptors (Lipinski definition) is 3. The first kappa shape index (κ1) is 14.9. The minimum absolute atomic E-state index is 0.0457. The number of amides is 1. The second-order valence-corrected chi connectivity index (χ2v) is 5.65. The average Bonchev–Trinajstić information content (AvgIpc) is 1.95. The SMILES string of the molecule is CC(C)(CC(=O)O)CC(=O)NOC(C)(C)C. The van der Waals surface area contributed by atoms with Crippen LogP contribution in [0.15, 0.2) is 0 Å². The number of carboxylic acid groups (broad SMARTS) is 1. The van der Waals surface area contributed by atoms with E-state index in [1.54, 1.807) is 13.8 Å². The van der Waals surface area contributed by atoms with Crippen LogP contribution in [-0.2, 0) is 14.4 Å². The van der Waals surface area contributed by atoms with Crippen LogP contribution in [0.2, 0.25) is 0 Å². The van der Waals surface area contributed by atoms with E-state index in [9.17, 15) is 9.59 Å². The molecule has 0 heterocycles. The molecule has 0 radical (unpaired) electrons. The molecule has 0 aromatic rings. The summed E-state index contributed by atoms with van der Waals surface area (Å²) in [5.74, 6) is -1.21. The Labute approximate surface area is 96.1 Å².